The van der Waals surface area contributed by atoms with Gasteiger partial charge < -0.3 is 4.43 Å². The van der Waals surface area contributed by atoms with E-state index in [9.17, 15) is 0 Å². The molecule has 2 saturated carbocycles. The summed E-state index contributed by atoms with van der Waals surface area (Å²) in [6.07, 6.45) is 11.1. The minimum Gasteiger partial charge on any atom is -0.410 e. The number of hydrogen-bond acceptors (Lipinski definition) is 2. The Kier molecular flexibility index (Phi) is 3.86. The van der Waals surface area contributed by atoms with Crippen LogP contribution in [-0.2, 0) is 4.43 Å². The van der Waals surface area contributed by atoms with Crippen molar-refractivity contribution in [1.29, 1.82) is 0 Å². The van der Waals surface area contributed by atoms with Gasteiger partial charge in [-0.15, -0.1) is 0 Å². The molecule has 0 spiro atoms. The molecule has 3 heteroatoms. The minimum atomic E-state index is 0.0548. The first-order chi connectivity index (χ1) is 7.33. The summed E-state index contributed by atoms with van der Waals surface area (Å²) in [5, 5.41) is 3.56. The Hall–Kier alpha value is 0.137. The Morgan fingerprint density at radius 3 is 1.67 bits per heavy atom. The van der Waals surface area contributed by atoms with Gasteiger partial charge in [-0.05, 0) is 32.7 Å². The van der Waals surface area contributed by atoms with Gasteiger partial charge in [0, 0.05) is 11.8 Å². The zero-order valence-electron chi connectivity index (χ0n) is 10.2. The van der Waals surface area contributed by atoms with E-state index < -0.39 is 0 Å². The average molecular weight is 227 g/mol. The summed E-state index contributed by atoms with van der Waals surface area (Å²) in [6, 6.07) is 0. The third kappa shape index (κ3) is 2.02. The van der Waals surface area contributed by atoms with Crippen LogP contribution in [0.4, 0.5) is 0 Å². The van der Waals surface area contributed by atoms with Crippen molar-refractivity contribution in [1.82, 2.24) is 5.32 Å². The van der Waals surface area contributed by atoms with Crippen LogP contribution >= 0.6 is 0 Å². The third-order valence-corrected chi connectivity index (χ3v) is 5.33. The normalized spacial score (nSPS) is 25.4. The van der Waals surface area contributed by atoms with Crippen LogP contribution < -0.4 is 5.32 Å². The topological polar surface area (TPSA) is 21.3 Å². The molecule has 0 saturated heterocycles. The predicted octanol–water partition coefficient (Wildman–Crippen LogP) is 1.58. The summed E-state index contributed by atoms with van der Waals surface area (Å²) < 4.78 is 6.08. The molecule has 88 valence electrons. The average Bonchev–Trinajstić information content (AvgIpc) is 2.92. The molecule has 2 nitrogen and oxygen atoms in total. The summed E-state index contributed by atoms with van der Waals surface area (Å²) in [7, 11) is 2.97. The Morgan fingerprint density at radius 1 is 1.00 bits per heavy atom. The van der Waals surface area contributed by atoms with Crippen molar-refractivity contribution >= 4 is 10.5 Å². The van der Waals surface area contributed by atoms with Crippen LogP contribution in [0.15, 0.2) is 0 Å². The molecule has 0 aromatic rings. The zero-order valence-corrected chi connectivity index (χ0v) is 12.2. The van der Waals surface area contributed by atoms with Gasteiger partial charge in [-0.3, -0.25) is 5.32 Å². The van der Waals surface area contributed by atoms with Crippen molar-refractivity contribution in [2.24, 2.45) is 11.8 Å². The number of nitrogens with one attached hydrogen (secondary N) is 1. The molecule has 0 unspecified atom stereocenters. The Labute approximate surface area is 96.7 Å². The van der Waals surface area contributed by atoms with Gasteiger partial charge in [0.25, 0.3) is 0 Å². The van der Waals surface area contributed by atoms with Crippen molar-refractivity contribution in [3.63, 3.8) is 0 Å². The van der Waals surface area contributed by atoms with Gasteiger partial charge in [0.05, 0.1) is 0 Å². The molecule has 0 aliphatic heterocycles. The number of hydrogen-bond donors (Lipinski definition) is 1. The van der Waals surface area contributed by atoms with Crippen LogP contribution in [0.5, 0.6) is 0 Å². The molecular weight excluding hydrogens is 202 g/mol. The van der Waals surface area contributed by atoms with E-state index in [4.69, 9.17) is 4.43 Å². The molecule has 0 aromatic heterocycles. The highest BCUT2D eigenvalue weighted by atomic mass is 28.2. The molecule has 0 radical (unpaired) electrons. The van der Waals surface area contributed by atoms with E-state index in [1.54, 1.807) is 0 Å². The van der Waals surface area contributed by atoms with Crippen molar-refractivity contribution < 1.29 is 4.43 Å². The molecule has 1 N–H and O–H groups in total. The summed E-state index contributed by atoms with van der Waals surface area (Å²) in [5.41, 5.74) is 0.0548. The van der Waals surface area contributed by atoms with Crippen molar-refractivity contribution in [3.05, 3.63) is 0 Å². The third-order valence-electron chi connectivity index (χ3n) is 4.65. The largest absolute Gasteiger partial charge is 0.410 e. The van der Waals surface area contributed by atoms with Crippen LogP contribution in [0.1, 0.15) is 51.4 Å². The highest BCUT2D eigenvalue weighted by molar-refractivity contribution is 5.98. The maximum absolute atomic E-state index is 6.08. The van der Waals surface area contributed by atoms with Gasteiger partial charge in [-0.2, -0.15) is 0 Å². The first-order valence-corrected chi connectivity index (χ1v) is 7.39. The molecule has 2 aliphatic rings. The quantitative estimate of drug-likeness (QED) is 0.581. The van der Waals surface area contributed by atoms with Crippen LogP contribution in [0, 0.1) is 11.8 Å². The molecule has 15 heavy (non-hydrogen) atoms. The Morgan fingerprint density at radius 2 is 1.40 bits per heavy atom. The van der Waals surface area contributed by atoms with E-state index in [-0.39, 0.29) is 5.72 Å². The fourth-order valence-corrected chi connectivity index (χ4v) is 4.76. The summed E-state index contributed by atoms with van der Waals surface area (Å²) in [4.78, 5) is 0. The predicted molar refractivity (Wildman–Crippen MR) is 66.7 cm³/mol. The second-order valence-electron chi connectivity index (χ2n) is 5.21. The van der Waals surface area contributed by atoms with Crippen molar-refractivity contribution in [3.8, 4) is 0 Å². The highest BCUT2D eigenvalue weighted by Gasteiger charge is 2.45. The monoisotopic (exact) mass is 227 g/mol. The number of rotatable bonds is 4. The Bertz CT molecular complexity index is 176. The van der Waals surface area contributed by atoms with Crippen LogP contribution in [0.3, 0.4) is 0 Å². The summed E-state index contributed by atoms with van der Waals surface area (Å²) >= 11 is 0. The lowest BCUT2D eigenvalue weighted by atomic mass is 9.82. The molecular formula is C12H25NOSi. The molecule has 0 bridgehead atoms. The van der Waals surface area contributed by atoms with Gasteiger partial charge in [-0.1, -0.05) is 25.7 Å². The van der Waals surface area contributed by atoms with Crippen LogP contribution in [0.25, 0.3) is 0 Å². The molecule has 0 amide bonds. The maximum Gasteiger partial charge on any atom is 0.148 e. The molecule has 0 heterocycles. The van der Waals surface area contributed by atoms with Gasteiger partial charge in [0.1, 0.15) is 16.2 Å². The van der Waals surface area contributed by atoms with E-state index in [1.807, 2.05) is 0 Å². The van der Waals surface area contributed by atoms with Gasteiger partial charge in [0.2, 0.25) is 0 Å². The standard InChI is InChI=1S/C12H25NOSi/c1-13-12(14-15,10-6-2-3-7-10)11-8-4-5-9-11/h10-11,13H,2-9H2,1,15H3. The van der Waals surface area contributed by atoms with E-state index in [0.29, 0.717) is 0 Å². The minimum absolute atomic E-state index is 0.0548. The van der Waals surface area contributed by atoms with Crippen molar-refractivity contribution in [2.75, 3.05) is 7.05 Å². The zero-order chi connectivity index (χ0) is 10.7. The van der Waals surface area contributed by atoms with Gasteiger partial charge in [0.15, 0.2) is 0 Å². The fourth-order valence-electron chi connectivity index (χ4n) is 3.89. The molecule has 0 aromatic carbocycles. The molecule has 2 rings (SSSR count). The lowest BCUT2D eigenvalue weighted by Gasteiger charge is -2.43. The van der Waals surface area contributed by atoms with Crippen molar-refractivity contribution in [2.45, 2.75) is 57.1 Å². The lowest BCUT2D eigenvalue weighted by Crippen LogP contribution is -2.55. The Balaban J connectivity index is 2.13. The fraction of sp³-hybridized carbons (Fsp3) is 1.00. The smallest absolute Gasteiger partial charge is 0.148 e. The first-order valence-electron chi connectivity index (χ1n) is 6.57. The molecule has 0 atom stereocenters. The molecule has 2 fully saturated rings. The SMILES string of the molecule is CNC(O[SiH3])(C1CCCC1)C1CCCC1. The van der Waals surface area contributed by atoms with E-state index in [1.165, 1.54) is 51.4 Å². The van der Waals surface area contributed by atoms with E-state index in [0.717, 1.165) is 22.3 Å². The maximum atomic E-state index is 6.08. The van der Waals surface area contributed by atoms with E-state index >= 15 is 0 Å². The van der Waals surface area contributed by atoms with E-state index in [2.05, 4.69) is 12.4 Å². The van der Waals surface area contributed by atoms with Gasteiger partial charge >= 0.3 is 0 Å². The summed E-state index contributed by atoms with van der Waals surface area (Å²) in [6.45, 7) is 0. The molecule has 2 aliphatic carbocycles. The highest BCUT2D eigenvalue weighted by Crippen LogP contribution is 2.44. The summed E-state index contributed by atoms with van der Waals surface area (Å²) in [5.74, 6) is 1.56. The first kappa shape index (κ1) is 11.6. The second kappa shape index (κ2) is 4.98. The lowest BCUT2D eigenvalue weighted by molar-refractivity contribution is -0.0605. The van der Waals surface area contributed by atoms with Crippen LogP contribution in [-0.4, -0.2) is 23.3 Å². The van der Waals surface area contributed by atoms with Gasteiger partial charge in [-0.25, -0.2) is 0 Å². The van der Waals surface area contributed by atoms with Crippen LogP contribution in [0.2, 0.25) is 0 Å². The second-order valence-corrected chi connectivity index (χ2v) is 5.62.